The maximum atomic E-state index is 12.6. The third-order valence-corrected chi connectivity index (χ3v) is 5.81. The molecule has 7 nitrogen and oxygen atoms in total. The van der Waals surface area contributed by atoms with Gasteiger partial charge in [-0.05, 0) is 35.4 Å². The van der Waals surface area contributed by atoms with Crippen LogP contribution < -0.4 is 10.2 Å². The van der Waals surface area contributed by atoms with Crippen LogP contribution in [-0.2, 0) is 13.0 Å². The molecule has 0 atom stereocenters. The molecule has 0 aliphatic rings. The Hall–Kier alpha value is -4.80. The van der Waals surface area contributed by atoms with Crippen LogP contribution in [0.3, 0.4) is 0 Å². The highest BCUT2D eigenvalue weighted by atomic mass is 35.5. The van der Waals surface area contributed by atoms with Crippen LogP contribution in [0, 0.1) is 11.3 Å². The number of hydrogen-bond donors (Lipinski definition) is 0. The fourth-order valence-corrected chi connectivity index (χ4v) is 4.01. The van der Waals surface area contributed by atoms with Crippen molar-refractivity contribution < 1.29 is 4.74 Å². The zero-order chi connectivity index (χ0) is 25.6. The van der Waals surface area contributed by atoms with Crippen LogP contribution in [-0.4, -0.2) is 19.7 Å². The molecule has 180 valence electrons. The average Bonchev–Trinajstić information content (AvgIpc) is 2.94. The number of nitriles is 1. The summed E-state index contributed by atoms with van der Waals surface area (Å²) in [5.41, 5.74) is 3.96. The zero-order valence-corrected chi connectivity index (χ0v) is 20.3. The van der Waals surface area contributed by atoms with Crippen molar-refractivity contribution in [3.8, 4) is 28.9 Å². The van der Waals surface area contributed by atoms with Crippen molar-refractivity contribution in [2.45, 2.75) is 13.0 Å². The Kier molecular flexibility index (Phi) is 7.02. The van der Waals surface area contributed by atoms with E-state index < -0.39 is 0 Å². The Morgan fingerprint density at radius 3 is 2.49 bits per heavy atom. The maximum Gasteiger partial charge on any atom is 0.203 e. The molecule has 0 aliphatic heterocycles. The van der Waals surface area contributed by atoms with E-state index in [1.54, 1.807) is 41.5 Å². The third kappa shape index (κ3) is 5.89. The van der Waals surface area contributed by atoms with E-state index in [1.807, 2.05) is 54.6 Å². The maximum absolute atomic E-state index is 12.6. The summed E-state index contributed by atoms with van der Waals surface area (Å²) in [5, 5.41) is 14.1. The van der Waals surface area contributed by atoms with Crippen LogP contribution in [0.25, 0.3) is 17.1 Å². The van der Waals surface area contributed by atoms with Crippen LogP contribution >= 0.6 is 11.6 Å². The van der Waals surface area contributed by atoms with Crippen LogP contribution in [0.2, 0.25) is 5.02 Å². The van der Waals surface area contributed by atoms with E-state index in [1.165, 1.54) is 6.07 Å². The van der Waals surface area contributed by atoms with E-state index in [4.69, 9.17) is 16.3 Å². The fraction of sp³-hybridized carbons (Fsp3) is 0.0690. The SMILES string of the molecule is N#Cc1cc(Cl)cc(-n2ccc(=O)c(Cc3cccc(-c4ncc(OCc5ccccc5)cn4)c3)n2)c1. The first-order valence-corrected chi connectivity index (χ1v) is 11.8. The quantitative estimate of drug-likeness (QED) is 0.294. The second-order valence-corrected chi connectivity index (χ2v) is 8.71. The molecule has 37 heavy (non-hydrogen) atoms. The molecule has 0 amide bonds. The molecule has 0 bridgehead atoms. The zero-order valence-electron chi connectivity index (χ0n) is 19.6. The van der Waals surface area contributed by atoms with Crippen molar-refractivity contribution in [2.75, 3.05) is 0 Å². The monoisotopic (exact) mass is 505 g/mol. The Bertz CT molecular complexity index is 1640. The van der Waals surface area contributed by atoms with Crippen molar-refractivity contribution in [3.05, 3.63) is 135 Å². The number of hydrogen-bond acceptors (Lipinski definition) is 6. The number of aromatic nitrogens is 4. The summed E-state index contributed by atoms with van der Waals surface area (Å²) in [4.78, 5) is 21.5. The summed E-state index contributed by atoms with van der Waals surface area (Å²) < 4.78 is 7.32. The molecule has 5 rings (SSSR count). The lowest BCUT2D eigenvalue weighted by atomic mass is 10.1. The standard InChI is InChI=1S/C29H20ClN5O2/c30-24-12-22(16-31)13-25(15-24)35-10-9-28(36)27(34-35)14-21-7-4-8-23(11-21)29-32-17-26(18-33-29)37-19-20-5-2-1-3-6-20/h1-13,15,17-18H,14,19H2. The molecule has 0 spiro atoms. The van der Waals surface area contributed by atoms with E-state index in [0.29, 0.717) is 46.6 Å². The van der Waals surface area contributed by atoms with Gasteiger partial charge in [0.25, 0.3) is 0 Å². The Morgan fingerprint density at radius 2 is 1.70 bits per heavy atom. The molecule has 5 aromatic rings. The molecular weight excluding hydrogens is 486 g/mol. The normalized spacial score (nSPS) is 10.6. The average molecular weight is 506 g/mol. The van der Waals surface area contributed by atoms with E-state index in [9.17, 15) is 10.1 Å². The Labute approximate surface area is 218 Å². The van der Waals surface area contributed by atoms with Crippen LogP contribution in [0.1, 0.15) is 22.4 Å². The summed E-state index contributed by atoms with van der Waals surface area (Å²) >= 11 is 6.14. The first kappa shape index (κ1) is 23.9. The number of nitrogens with zero attached hydrogens (tertiary/aromatic N) is 5. The minimum atomic E-state index is -0.180. The molecule has 0 radical (unpaired) electrons. The minimum Gasteiger partial charge on any atom is -0.486 e. The molecule has 0 saturated carbocycles. The first-order chi connectivity index (χ1) is 18.1. The topological polar surface area (TPSA) is 93.7 Å². The van der Waals surface area contributed by atoms with Crippen LogP contribution in [0.15, 0.2) is 102 Å². The van der Waals surface area contributed by atoms with E-state index in [0.717, 1.165) is 16.7 Å². The summed E-state index contributed by atoms with van der Waals surface area (Å²) in [6, 6.07) is 26.0. The lowest BCUT2D eigenvalue weighted by molar-refractivity contribution is 0.303. The van der Waals surface area contributed by atoms with Gasteiger partial charge < -0.3 is 4.74 Å². The minimum absolute atomic E-state index is 0.180. The van der Waals surface area contributed by atoms with Gasteiger partial charge in [0.05, 0.1) is 29.7 Å². The second kappa shape index (κ2) is 10.9. The lowest BCUT2D eigenvalue weighted by Gasteiger charge is -2.09. The Balaban J connectivity index is 1.34. The Morgan fingerprint density at radius 1 is 0.919 bits per heavy atom. The molecule has 3 aromatic carbocycles. The predicted molar refractivity (Wildman–Crippen MR) is 141 cm³/mol. The number of halogens is 1. The number of rotatable bonds is 7. The smallest absolute Gasteiger partial charge is 0.203 e. The summed E-state index contributed by atoms with van der Waals surface area (Å²) in [6.07, 6.45) is 5.17. The van der Waals surface area contributed by atoms with Crippen molar-refractivity contribution in [2.24, 2.45) is 0 Å². The molecule has 0 aliphatic carbocycles. The van der Waals surface area contributed by atoms with Gasteiger partial charge in [-0.3, -0.25) is 4.79 Å². The highest BCUT2D eigenvalue weighted by molar-refractivity contribution is 6.30. The lowest BCUT2D eigenvalue weighted by Crippen LogP contribution is -2.16. The van der Waals surface area contributed by atoms with Crippen molar-refractivity contribution in [1.82, 2.24) is 19.7 Å². The van der Waals surface area contributed by atoms with E-state index in [2.05, 4.69) is 21.1 Å². The van der Waals surface area contributed by atoms with Crippen LogP contribution in [0.5, 0.6) is 5.75 Å². The van der Waals surface area contributed by atoms with Gasteiger partial charge in [0.1, 0.15) is 12.3 Å². The van der Waals surface area contributed by atoms with Crippen molar-refractivity contribution in [1.29, 1.82) is 5.26 Å². The molecule has 8 heteroatoms. The second-order valence-electron chi connectivity index (χ2n) is 8.27. The highest BCUT2D eigenvalue weighted by Gasteiger charge is 2.09. The largest absolute Gasteiger partial charge is 0.486 e. The van der Waals surface area contributed by atoms with E-state index >= 15 is 0 Å². The van der Waals surface area contributed by atoms with Crippen molar-refractivity contribution in [3.63, 3.8) is 0 Å². The van der Waals surface area contributed by atoms with E-state index in [-0.39, 0.29) is 5.43 Å². The predicted octanol–water partition coefficient (Wildman–Crippen LogP) is 5.38. The van der Waals surface area contributed by atoms with Gasteiger partial charge in [0.15, 0.2) is 11.6 Å². The molecule has 0 saturated heterocycles. The fourth-order valence-electron chi connectivity index (χ4n) is 3.78. The third-order valence-electron chi connectivity index (χ3n) is 5.59. The van der Waals surface area contributed by atoms with Gasteiger partial charge in [-0.15, -0.1) is 0 Å². The summed E-state index contributed by atoms with van der Waals surface area (Å²) in [5.74, 6) is 1.13. The molecule has 0 N–H and O–H groups in total. The van der Waals surface area contributed by atoms with Gasteiger partial charge in [-0.2, -0.15) is 10.4 Å². The highest BCUT2D eigenvalue weighted by Crippen LogP contribution is 2.20. The van der Waals surface area contributed by atoms with Crippen molar-refractivity contribution >= 4 is 11.6 Å². The van der Waals surface area contributed by atoms with Gasteiger partial charge in [-0.1, -0.05) is 60.1 Å². The molecule has 0 fully saturated rings. The summed E-state index contributed by atoms with van der Waals surface area (Å²) in [6.45, 7) is 0.438. The van der Waals surface area contributed by atoms with Gasteiger partial charge in [-0.25, -0.2) is 14.6 Å². The number of ether oxygens (including phenoxy) is 1. The van der Waals surface area contributed by atoms with Gasteiger partial charge in [0.2, 0.25) is 5.43 Å². The molecular formula is C29H20ClN5O2. The van der Waals surface area contributed by atoms with Crippen LogP contribution in [0.4, 0.5) is 0 Å². The van der Waals surface area contributed by atoms with Gasteiger partial charge >= 0.3 is 0 Å². The number of benzene rings is 3. The first-order valence-electron chi connectivity index (χ1n) is 11.5. The molecule has 2 heterocycles. The summed E-state index contributed by atoms with van der Waals surface area (Å²) in [7, 11) is 0. The molecule has 0 unspecified atom stereocenters. The molecule has 2 aromatic heterocycles. The van der Waals surface area contributed by atoms with Gasteiger partial charge in [0, 0.05) is 29.3 Å².